The van der Waals surface area contributed by atoms with E-state index >= 15 is 0 Å². The molecule has 88 valence electrons. The Bertz CT molecular complexity index is 187. The van der Waals surface area contributed by atoms with Crippen molar-refractivity contribution in [3.8, 4) is 0 Å². The van der Waals surface area contributed by atoms with Gasteiger partial charge in [0, 0.05) is 32.7 Å². The molecule has 0 saturated carbocycles. The molecule has 0 bridgehead atoms. The fourth-order valence-electron chi connectivity index (χ4n) is 2.73. The number of likely N-dealkylation sites (N-methyl/N-ethyl adjacent to an activating group) is 1. The van der Waals surface area contributed by atoms with Crippen molar-refractivity contribution in [2.75, 3.05) is 52.4 Å². The lowest BCUT2D eigenvalue weighted by atomic mass is 9.97. The monoisotopic (exact) mass is 211 g/mol. The third-order valence-electron chi connectivity index (χ3n) is 4.08. The molecule has 2 aliphatic heterocycles. The van der Waals surface area contributed by atoms with E-state index in [0.29, 0.717) is 0 Å². The highest BCUT2D eigenvalue weighted by Gasteiger charge is 2.26. The summed E-state index contributed by atoms with van der Waals surface area (Å²) in [6, 6.07) is 0. The topological polar surface area (TPSA) is 18.5 Å². The molecule has 0 aromatic rings. The van der Waals surface area contributed by atoms with Crippen LogP contribution in [-0.2, 0) is 0 Å². The highest BCUT2D eigenvalue weighted by molar-refractivity contribution is 4.82. The molecule has 0 radical (unpaired) electrons. The largest absolute Gasteiger partial charge is 0.316 e. The van der Waals surface area contributed by atoms with Crippen LogP contribution in [0.4, 0.5) is 0 Å². The van der Waals surface area contributed by atoms with E-state index in [1.165, 1.54) is 52.4 Å². The molecule has 2 atom stereocenters. The van der Waals surface area contributed by atoms with Gasteiger partial charge in [-0.2, -0.15) is 0 Å². The van der Waals surface area contributed by atoms with Crippen molar-refractivity contribution in [3.05, 3.63) is 0 Å². The van der Waals surface area contributed by atoms with Crippen molar-refractivity contribution in [3.63, 3.8) is 0 Å². The van der Waals surface area contributed by atoms with Crippen molar-refractivity contribution in [2.24, 2.45) is 11.8 Å². The van der Waals surface area contributed by atoms with E-state index < -0.39 is 0 Å². The van der Waals surface area contributed by atoms with Crippen LogP contribution in [0.3, 0.4) is 0 Å². The third-order valence-corrected chi connectivity index (χ3v) is 4.08. The second-order valence-electron chi connectivity index (χ2n) is 5.13. The highest BCUT2D eigenvalue weighted by Crippen LogP contribution is 2.17. The summed E-state index contributed by atoms with van der Waals surface area (Å²) in [6.45, 7) is 14.7. The summed E-state index contributed by atoms with van der Waals surface area (Å²) in [6.07, 6.45) is 0. The van der Waals surface area contributed by atoms with Crippen molar-refractivity contribution in [1.29, 1.82) is 0 Å². The predicted octanol–water partition coefficient (Wildman–Crippen LogP) is 0.479. The maximum Gasteiger partial charge on any atom is 0.0110 e. The first-order valence-electron chi connectivity index (χ1n) is 6.45. The van der Waals surface area contributed by atoms with Gasteiger partial charge < -0.3 is 15.1 Å². The van der Waals surface area contributed by atoms with E-state index in [-0.39, 0.29) is 0 Å². The molecular weight excluding hydrogens is 186 g/mol. The molecule has 2 heterocycles. The highest BCUT2D eigenvalue weighted by atomic mass is 15.3. The van der Waals surface area contributed by atoms with E-state index in [1.54, 1.807) is 0 Å². The molecule has 0 spiro atoms. The van der Waals surface area contributed by atoms with Gasteiger partial charge in [-0.3, -0.25) is 0 Å². The molecule has 0 aromatic carbocycles. The number of hydrogen-bond donors (Lipinski definition) is 1. The molecule has 0 aliphatic carbocycles. The molecule has 2 fully saturated rings. The third kappa shape index (κ3) is 2.92. The summed E-state index contributed by atoms with van der Waals surface area (Å²) >= 11 is 0. The summed E-state index contributed by atoms with van der Waals surface area (Å²) in [5.74, 6) is 1.76. The second-order valence-corrected chi connectivity index (χ2v) is 5.13. The first-order valence-corrected chi connectivity index (χ1v) is 6.45. The molecule has 0 amide bonds. The van der Waals surface area contributed by atoms with Gasteiger partial charge in [0.2, 0.25) is 0 Å². The quantitative estimate of drug-likeness (QED) is 0.732. The van der Waals surface area contributed by atoms with E-state index in [9.17, 15) is 0 Å². The van der Waals surface area contributed by atoms with Crippen molar-refractivity contribution in [2.45, 2.75) is 13.8 Å². The van der Waals surface area contributed by atoms with Gasteiger partial charge in [-0.25, -0.2) is 0 Å². The first kappa shape index (κ1) is 11.4. The number of nitrogens with zero attached hydrogens (tertiary/aromatic N) is 2. The van der Waals surface area contributed by atoms with Crippen LogP contribution in [0.1, 0.15) is 13.8 Å². The Hall–Kier alpha value is -0.120. The van der Waals surface area contributed by atoms with Crippen LogP contribution in [0.5, 0.6) is 0 Å². The Kier molecular flexibility index (Phi) is 4.00. The number of piperazine rings is 1. The van der Waals surface area contributed by atoms with E-state index in [4.69, 9.17) is 0 Å². The first-order chi connectivity index (χ1) is 7.29. The molecule has 0 aromatic heterocycles. The Morgan fingerprint density at radius 1 is 1.07 bits per heavy atom. The number of nitrogens with one attached hydrogen (secondary N) is 1. The lowest BCUT2D eigenvalue weighted by molar-refractivity contribution is 0.118. The van der Waals surface area contributed by atoms with Gasteiger partial charge >= 0.3 is 0 Å². The van der Waals surface area contributed by atoms with Crippen molar-refractivity contribution < 1.29 is 0 Å². The fraction of sp³-hybridized carbons (Fsp3) is 1.00. The summed E-state index contributed by atoms with van der Waals surface area (Å²) in [4.78, 5) is 5.20. The van der Waals surface area contributed by atoms with Crippen molar-refractivity contribution in [1.82, 2.24) is 15.1 Å². The Balaban J connectivity index is 1.72. The minimum absolute atomic E-state index is 0.870. The molecule has 2 rings (SSSR count). The van der Waals surface area contributed by atoms with Gasteiger partial charge in [0.05, 0.1) is 0 Å². The predicted molar refractivity (Wildman–Crippen MR) is 64.1 cm³/mol. The van der Waals surface area contributed by atoms with Crippen LogP contribution >= 0.6 is 0 Å². The maximum absolute atomic E-state index is 3.49. The fourth-order valence-corrected chi connectivity index (χ4v) is 2.73. The van der Waals surface area contributed by atoms with E-state index in [0.717, 1.165) is 11.8 Å². The molecule has 2 aliphatic rings. The minimum atomic E-state index is 0.870. The van der Waals surface area contributed by atoms with E-state index in [2.05, 4.69) is 29.0 Å². The maximum atomic E-state index is 3.49. The molecule has 2 unspecified atom stereocenters. The number of hydrogen-bond acceptors (Lipinski definition) is 3. The van der Waals surface area contributed by atoms with Crippen LogP contribution in [-0.4, -0.2) is 62.2 Å². The Labute approximate surface area is 93.8 Å². The summed E-state index contributed by atoms with van der Waals surface area (Å²) in [5.41, 5.74) is 0. The zero-order valence-electron chi connectivity index (χ0n) is 10.2. The zero-order valence-corrected chi connectivity index (χ0v) is 10.2. The molecule has 1 N–H and O–H groups in total. The van der Waals surface area contributed by atoms with Gasteiger partial charge in [0.1, 0.15) is 0 Å². The molecule has 15 heavy (non-hydrogen) atoms. The number of rotatable bonds is 3. The van der Waals surface area contributed by atoms with Gasteiger partial charge in [-0.15, -0.1) is 0 Å². The van der Waals surface area contributed by atoms with Crippen LogP contribution in [0.2, 0.25) is 0 Å². The second kappa shape index (κ2) is 5.28. The molecule has 3 nitrogen and oxygen atoms in total. The van der Waals surface area contributed by atoms with Crippen molar-refractivity contribution >= 4 is 0 Å². The Morgan fingerprint density at radius 3 is 2.27 bits per heavy atom. The van der Waals surface area contributed by atoms with Gasteiger partial charge in [-0.05, 0) is 31.5 Å². The van der Waals surface area contributed by atoms with Crippen LogP contribution in [0.25, 0.3) is 0 Å². The van der Waals surface area contributed by atoms with Crippen LogP contribution in [0, 0.1) is 11.8 Å². The SMILES string of the molecule is CCN1CCN(CC2CNCC2C)CC1. The van der Waals surface area contributed by atoms with Crippen LogP contribution in [0.15, 0.2) is 0 Å². The zero-order chi connectivity index (χ0) is 10.7. The van der Waals surface area contributed by atoms with Gasteiger partial charge in [0.15, 0.2) is 0 Å². The van der Waals surface area contributed by atoms with Gasteiger partial charge in [0.25, 0.3) is 0 Å². The molecular formula is C12H25N3. The smallest absolute Gasteiger partial charge is 0.0110 e. The standard InChI is InChI=1S/C12H25N3/c1-3-14-4-6-15(7-5-14)10-12-9-13-8-11(12)2/h11-13H,3-10H2,1-2H3. The summed E-state index contributed by atoms with van der Waals surface area (Å²) < 4.78 is 0. The minimum Gasteiger partial charge on any atom is -0.316 e. The average molecular weight is 211 g/mol. The molecule has 2 saturated heterocycles. The van der Waals surface area contributed by atoms with Gasteiger partial charge in [-0.1, -0.05) is 13.8 Å². The lowest BCUT2D eigenvalue weighted by Crippen LogP contribution is -2.48. The normalized spacial score (nSPS) is 34.8. The van der Waals surface area contributed by atoms with E-state index in [1.807, 2.05) is 0 Å². The van der Waals surface area contributed by atoms with Crippen LogP contribution < -0.4 is 5.32 Å². The molecule has 3 heteroatoms. The average Bonchev–Trinajstić information content (AvgIpc) is 2.66. The lowest BCUT2D eigenvalue weighted by Gasteiger charge is -2.35. The summed E-state index contributed by atoms with van der Waals surface area (Å²) in [5, 5.41) is 3.49. The summed E-state index contributed by atoms with van der Waals surface area (Å²) in [7, 11) is 0. The Morgan fingerprint density at radius 2 is 1.73 bits per heavy atom.